The number of hydrogen-bond acceptors (Lipinski definition) is 7. The molecule has 1 fully saturated rings. The molecule has 4 amide bonds. The monoisotopic (exact) mass is 440 g/mol. The number of carbonyl (C=O) groups is 5. The minimum Gasteiger partial charge on any atom is -0.460 e. The first-order valence-corrected chi connectivity index (χ1v) is 10.2. The van der Waals surface area contributed by atoms with Crippen LogP contribution in [0.25, 0.3) is 0 Å². The van der Waals surface area contributed by atoms with Gasteiger partial charge in [0.1, 0.15) is 18.2 Å². The summed E-state index contributed by atoms with van der Waals surface area (Å²) in [6.07, 6.45) is 0.229. The van der Waals surface area contributed by atoms with Crippen LogP contribution in [0.15, 0.2) is 18.2 Å². The van der Waals surface area contributed by atoms with Crippen molar-refractivity contribution < 1.29 is 33.4 Å². The van der Waals surface area contributed by atoms with E-state index in [1.165, 1.54) is 6.07 Å². The molecule has 9 nitrogen and oxygen atoms in total. The Labute approximate surface area is 185 Å². The third-order valence-corrected chi connectivity index (χ3v) is 4.74. The zero-order valence-corrected chi connectivity index (χ0v) is 18.1. The lowest BCUT2D eigenvalue weighted by atomic mass is 10.0. The lowest BCUT2D eigenvalue weighted by molar-refractivity contribution is -0.156. The summed E-state index contributed by atoms with van der Waals surface area (Å²) in [5.41, 5.74) is 0.0724. The van der Waals surface area contributed by atoms with Gasteiger partial charge < -0.3 is 9.47 Å². The maximum Gasteiger partial charge on any atom is 0.308 e. The fraction of sp³-hybridized carbons (Fsp3) is 0.435. The number of esters is 1. The van der Waals surface area contributed by atoms with Gasteiger partial charge in [0.2, 0.25) is 11.8 Å². The molecule has 0 spiro atoms. The van der Waals surface area contributed by atoms with Crippen LogP contribution in [0.3, 0.4) is 0 Å². The Balaban J connectivity index is 1.64. The number of hydrogen-bond donors (Lipinski definition) is 1. The number of fused-ring (bicyclic) bond motifs is 1. The summed E-state index contributed by atoms with van der Waals surface area (Å²) in [6.45, 7) is 5.50. The molecule has 32 heavy (non-hydrogen) atoms. The third-order valence-electron chi connectivity index (χ3n) is 4.74. The van der Waals surface area contributed by atoms with Crippen molar-refractivity contribution in [3.05, 3.63) is 34.9 Å². The van der Waals surface area contributed by atoms with Crippen molar-refractivity contribution in [2.24, 2.45) is 0 Å². The SMILES string of the molecule is CC(C)(C)OC(=O)CCOCC#Cc1cccc2c1C(=O)N(C1CCC(=O)NC1=O)C2=O. The van der Waals surface area contributed by atoms with Gasteiger partial charge in [-0.1, -0.05) is 17.9 Å². The van der Waals surface area contributed by atoms with Crippen molar-refractivity contribution in [2.75, 3.05) is 13.2 Å². The van der Waals surface area contributed by atoms with E-state index in [1.807, 2.05) is 0 Å². The summed E-state index contributed by atoms with van der Waals surface area (Å²) in [7, 11) is 0. The Bertz CT molecular complexity index is 1040. The van der Waals surface area contributed by atoms with E-state index in [4.69, 9.17) is 9.47 Å². The molecule has 168 valence electrons. The molecule has 1 unspecified atom stereocenters. The van der Waals surface area contributed by atoms with Crippen molar-refractivity contribution in [2.45, 2.75) is 51.7 Å². The average molecular weight is 440 g/mol. The minimum atomic E-state index is -1.03. The predicted octanol–water partition coefficient (Wildman–Crippen LogP) is 1.19. The molecule has 2 aliphatic heterocycles. The molecule has 0 bridgehead atoms. The van der Waals surface area contributed by atoms with Crippen LogP contribution in [0.5, 0.6) is 0 Å². The van der Waals surface area contributed by atoms with Crippen LogP contribution in [-0.2, 0) is 23.9 Å². The van der Waals surface area contributed by atoms with Crippen LogP contribution < -0.4 is 5.32 Å². The molecule has 1 aromatic rings. The number of rotatable bonds is 5. The van der Waals surface area contributed by atoms with Gasteiger partial charge in [-0.25, -0.2) is 0 Å². The highest BCUT2D eigenvalue weighted by Gasteiger charge is 2.45. The quantitative estimate of drug-likeness (QED) is 0.316. The highest BCUT2D eigenvalue weighted by atomic mass is 16.6. The maximum atomic E-state index is 13.0. The topological polar surface area (TPSA) is 119 Å². The molecule has 9 heteroatoms. The van der Waals surface area contributed by atoms with Gasteiger partial charge in [-0.2, -0.15) is 0 Å². The highest BCUT2D eigenvalue weighted by Crippen LogP contribution is 2.29. The molecular weight excluding hydrogens is 416 g/mol. The molecule has 1 aromatic carbocycles. The van der Waals surface area contributed by atoms with Gasteiger partial charge >= 0.3 is 5.97 Å². The first-order chi connectivity index (χ1) is 15.1. The summed E-state index contributed by atoms with van der Waals surface area (Å²) in [5.74, 6) is 2.92. The molecule has 1 atom stereocenters. The number of amides is 4. The minimum absolute atomic E-state index is 0.0193. The lowest BCUT2D eigenvalue weighted by Crippen LogP contribution is -2.54. The molecule has 2 aliphatic rings. The number of carbonyl (C=O) groups excluding carboxylic acids is 5. The van der Waals surface area contributed by atoms with Crippen LogP contribution in [0.2, 0.25) is 0 Å². The number of benzene rings is 1. The molecule has 1 saturated heterocycles. The fourth-order valence-corrected chi connectivity index (χ4v) is 3.42. The second-order valence-electron chi connectivity index (χ2n) is 8.37. The van der Waals surface area contributed by atoms with Gasteiger partial charge in [0.15, 0.2) is 0 Å². The molecule has 0 aliphatic carbocycles. The Hall–Kier alpha value is -3.51. The summed E-state index contributed by atoms with van der Waals surface area (Å²) < 4.78 is 10.5. The number of ether oxygens (including phenoxy) is 2. The van der Waals surface area contributed by atoms with Gasteiger partial charge in [0, 0.05) is 12.0 Å². The summed E-state index contributed by atoms with van der Waals surface area (Å²) in [5, 5.41) is 2.16. The van der Waals surface area contributed by atoms with Crippen molar-refractivity contribution >= 4 is 29.6 Å². The second kappa shape index (κ2) is 9.32. The molecular formula is C23H24N2O7. The van der Waals surface area contributed by atoms with Gasteiger partial charge in [-0.05, 0) is 39.3 Å². The van der Waals surface area contributed by atoms with Crippen LogP contribution in [0, 0.1) is 11.8 Å². The summed E-state index contributed by atoms with van der Waals surface area (Å²) >= 11 is 0. The van der Waals surface area contributed by atoms with Gasteiger partial charge in [-0.3, -0.25) is 34.2 Å². The van der Waals surface area contributed by atoms with Crippen LogP contribution in [-0.4, -0.2) is 59.4 Å². The van der Waals surface area contributed by atoms with Crippen LogP contribution in [0.4, 0.5) is 0 Å². The van der Waals surface area contributed by atoms with E-state index in [1.54, 1.807) is 32.9 Å². The zero-order chi connectivity index (χ0) is 23.5. The van der Waals surface area contributed by atoms with E-state index in [9.17, 15) is 24.0 Å². The average Bonchev–Trinajstić information content (AvgIpc) is 2.95. The van der Waals surface area contributed by atoms with E-state index in [0.717, 1.165) is 4.90 Å². The smallest absolute Gasteiger partial charge is 0.308 e. The number of nitrogens with zero attached hydrogens (tertiary/aromatic N) is 1. The van der Waals surface area contributed by atoms with Crippen molar-refractivity contribution in [1.82, 2.24) is 10.2 Å². The number of nitrogens with one attached hydrogen (secondary N) is 1. The van der Waals surface area contributed by atoms with Crippen LogP contribution >= 0.6 is 0 Å². The summed E-state index contributed by atoms with van der Waals surface area (Å²) in [4.78, 5) is 61.8. The van der Waals surface area contributed by atoms with Gasteiger partial charge in [0.25, 0.3) is 11.8 Å². The van der Waals surface area contributed by atoms with Crippen molar-refractivity contribution in [3.63, 3.8) is 0 Å². The van der Waals surface area contributed by atoms with Gasteiger partial charge in [0.05, 0.1) is 24.2 Å². The molecule has 1 N–H and O–H groups in total. The van der Waals surface area contributed by atoms with Crippen molar-refractivity contribution in [1.29, 1.82) is 0 Å². The van der Waals surface area contributed by atoms with Gasteiger partial charge in [-0.15, -0.1) is 0 Å². The van der Waals surface area contributed by atoms with E-state index < -0.39 is 35.3 Å². The molecule has 0 radical (unpaired) electrons. The van der Waals surface area contributed by atoms with E-state index in [0.29, 0.717) is 5.56 Å². The van der Waals surface area contributed by atoms with E-state index >= 15 is 0 Å². The fourth-order valence-electron chi connectivity index (χ4n) is 3.42. The standard InChI is InChI=1S/C23H24N2O7/c1-23(2,3)32-18(27)11-13-31-12-5-7-14-6-4-8-15-19(14)22(30)25(21(15)29)16-9-10-17(26)24-20(16)28/h4,6,8,16H,9-13H2,1-3H3,(H,24,26,28). The third kappa shape index (κ3) is 5.21. The normalized spacial score (nSPS) is 18.1. The first-order valence-electron chi connectivity index (χ1n) is 10.2. The molecule has 0 aromatic heterocycles. The summed E-state index contributed by atoms with van der Waals surface area (Å²) in [6, 6.07) is 3.68. The molecule has 3 rings (SSSR count). The Morgan fingerprint density at radius 2 is 1.94 bits per heavy atom. The van der Waals surface area contributed by atoms with E-state index in [2.05, 4.69) is 17.2 Å². The number of piperidine rings is 1. The largest absolute Gasteiger partial charge is 0.460 e. The zero-order valence-electron chi connectivity index (χ0n) is 18.1. The first kappa shape index (κ1) is 23.2. The van der Waals surface area contributed by atoms with E-state index in [-0.39, 0.29) is 49.6 Å². The Kier molecular flexibility index (Phi) is 6.75. The highest BCUT2D eigenvalue weighted by molar-refractivity contribution is 6.24. The molecule has 0 saturated carbocycles. The van der Waals surface area contributed by atoms with Crippen molar-refractivity contribution in [3.8, 4) is 11.8 Å². The Morgan fingerprint density at radius 1 is 1.19 bits per heavy atom. The molecule has 2 heterocycles. The van der Waals surface area contributed by atoms with Crippen LogP contribution in [0.1, 0.15) is 66.3 Å². The maximum absolute atomic E-state index is 13.0. The predicted molar refractivity (Wildman–Crippen MR) is 111 cm³/mol. The Morgan fingerprint density at radius 3 is 2.62 bits per heavy atom. The number of imide groups is 2. The lowest BCUT2D eigenvalue weighted by Gasteiger charge is -2.27. The second-order valence-corrected chi connectivity index (χ2v) is 8.37.